The lowest BCUT2D eigenvalue weighted by Gasteiger charge is -2.34. The SMILES string of the molecule is O=C(COc1ccc(Cl)cc1Cl)N1CCN(Cc2cccnc2)CC1. The summed E-state index contributed by atoms with van der Waals surface area (Å²) in [7, 11) is 0. The van der Waals surface area contributed by atoms with E-state index in [-0.39, 0.29) is 12.5 Å². The maximum absolute atomic E-state index is 12.3. The first kappa shape index (κ1) is 18.0. The van der Waals surface area contributed by atoms with Crippen LogP contribution in [0.1, 0.15) is 5.56 Å². The summed E-state index contributed by atoms with van der Waals surface area (Å²) < 4.78 is 5.53. The molecule has 0 aliphatic carbocycles. The van der Waals surface area contributed by atoms with Gasteiger partial charge in [0.1, 0.15) is 5.75 Å². The molecule has 0 atom stereocenters. The molecule has 1 saturated heterocycles. The molecule has 5 nitrogen and oxygen atoms in total. The van der Waals surface area contributed by atoms with E-state index >= 15 is 0 Å². The van der Waals surface area contributed by atoms with Gasteiger partial charge in [-0.3, -0.25) is 14.7 Å². The number of benzene rings is 1. The number of carbonyl (C=O) groups excluding carboxylic acids is 1. The number of piperazine rings is 1. The first-order valence-corrected chi connectivity index (χ1v) is 8.84. The Morgan fingerprint density at radius 3 is 2.64 bits per heavy atom. The van der Waals surface area contributed by atoms with Crippen molar-refractivity contribution in [2.45, 2.75) is 6.54 Å². The van der Waals surface area contributed by atoms with E-state index in [0.29, 0.717) is 28.9 Å². The van der Waals surface area contributed by atoms with Crippen molar-refractivity contribution in [1.82, 2.24) is 14.8 Å². The minimum absolute atomic E-state index is 0.0239. The summed E-state index contributed by atoms with van der Waals surface area (Å²) in [4.78, 5) is 20.6. The van der Waals surface area contributed by atoms with Crippen LogP contribution in [0.15, 0.2) is 42.7 Å². The molecular formula is C18H19Cl2N3O2. The number of aromatic nitrogens is 1. The molecule has 1 aromatic heterocycles. The Balaban J connectivity index is 1.45. The second-order valence-electron chi connectivity index (χ2n) is 5.88. The van der Waals surface area contributed by atoms with Crippen LogP contribution in [0.5, 0.6) is 5.75 Å². The summed E-state index contributed by atoms with van der Waals surface area (Å²) in [6, 6.07) is 8.96. The lowest BCUT2D eigenvalue weighted by Crippen LogP contribution is -2.49. The van der Waals surface area contributed by atoms with Gasteiger partial charge in [0.2, 0.25) is 0 Å². The molecule has 0 radical (unpaired) electrons. The lowest BCUT2D eigenvalue weighted by molar-refractivity contribution is -0.135. The highest BCUT2D eigenvalue weighted by Crippen LogP contribution is 2.27. The van der Waals surface area contributed by atoms with Crippen molar-refractivity contribution >= 4 is 29.1 Å². The van der Waals surface area contributed by atoms with E-state index in [0.717, 1.165) is 19.6 Å². The fraction of sp³-hybridized carbons (Fsp3) is 0.333. The van der Waals surface area contributed by atoms with E-state index < -0.39 is 0 Å². The molecule has 2 heterocycles. The molecule has 2 aromatic rings. The van der Waals surface area contributed by atoms with Crippen molar-refractivity contribution in [3.63, 3.8) is 0 Å². The van der Waals surface area contributed by atoms with Crippen LogP contribution in [0.25, 0.3) is 0 Å². The topological polar surface area (TPSA) is 45.7 Å². The van der Waals surface area contributed by atoms with E-state index in [9.17, 15) is 4.79 Å². The van der Waals surface area contributed by atoms with Gasteiger partial charge in [0.15, 0.2) is 6.61 Å². The third-order valence-electron chi connectivity index (χ3n) is 4.10. The summed E-state index contributed by atoms with van der Waals surface area (Å²) >= 11 is 11.9. The van der Waals surface area contributed by atoms with Gasteiger partial charge in [0, 0.05) is 50.1 Å². The number of halogens is 2. The number of amides is 1. The summed E-state index contributed by atoms with van der Waals surface area (Å²) in [6.07, 6.45) is 3.65. The number of carbonyl (C=O) groups is 1. The Morgan fingerprint density at radius 1 is 1.16 bits per heavy atom. The Bertz CT molecular complexity index is 720. The predicted molar refractivity (Wildman–Crippen MR) is 98.1 cm³/mol. The Hall–Kier alpha value is -1.82. The molecule has 3 rings (SSSR count). The van der Waals surface area contributed by atoms with Crippen LogP contribution in [0.3, 0.4) is 0 Å². The van der Waals surface area contributed by atoms with Crippen LogP contribution in [-0.4, -0.2) is 53.5 Å². The standard InChI is InChI=1S/C18H19Cl2N3O2/c19-15-3-4-17(16(20)10-15)25-13-18(24)23-8-6-22(7-9-23)12-14-2-1-5-21-11-14/h1-5,10-11H,6-9,12-13H2. The fourth-order valence-corrected chi connectivity index (χ4v) is 3.19. The molecule has 1 amide bonds. The zero-order valence-electron chi connectivity index (χ0n) is 13.7. The van der Waals surface area contributed by atoms with E-state index in [1.54, 1.807) is 24.4 Å². The highest BCUT2D eigenvalue weighted by Gasteiger charge is 2.21. The number of hydrogen-bond donors (Lipinski definition) is 0. The second-order valence-corrected chi connectivity index (χ2v) is 6.73. The van der Waals surface area contributed by atoms with E-state index in [2.05, 4.69) is 16.0 Å². The molecule has 0 spiro atoms. The van der Waals surface area contributed by atoms with Gasteiger partial charge in [0.25, 0.3) is 5.91 Å². The lowest BCUT2D eigenvalue weighted by atomic mass is 10.2. The van der Waals surface area contributed by atoms with Gasteiger partial charge in [-0.25, -0.2) is 0 Å². The average Bonchev–Trinajstić information content (AvgIpc) is 2.62. The molecule has 0 saturated carbocycles. The second kappa shape index (κ2) is 8.52. The molecule has 0 N–H and O–H groups in total. The molecule has 1 aromatic carbocycles. The molecule has 25 heavy (non-hydrogen) atoms. The van der Waals surface area contributed by atoms with Crippen LogP contribution >= 0.6 is 23.2 Å². The third-order valence-corrected chi connectivity index (χ3v) is 4.63. The van der Waals surface area contributed by atoms with E-state index in [1.165, 1.54) is 5.56 Å². The van der Waals surface area contributed by atoms with Crippen molar-refractivity contribution in [2.24, 2.45) is 0 Å². The number of pyridine rings is 1. The molecular weight excluding hydrogens is 361 g/mol. The Labute approximate surface area is 157 Å². The quantitative estimate of drug-likeness (QED) is 0.800. The van der Waals surface area contributed by atoms with Crippen molar-refractivity contribution < 1.29 is 9.53 Å². The normalized spacial score (nSPS) is 15.2. The fourth-order valence-electron chi connectivity index (χ4n) is 2.73. The number of rotatable bonds is 5. The number of ether oxygens (including phenoxy) is 1. The maximum atomic E-state index is 12.3. The third kappa shape index (κ3) is 5.08. The van der Waals surface area contributed by atoms with Crippen molar-refractivity contribution in [3.05, 3.63) is 58.3 Å². The van der Waals surface area contributed by atoms with E-state index in [1.807, 2.05) is 17.2 Å². The van der Waals surface area contributed by atoms with Gasteiger partial charge in [-0.1, -0.05) is 29.3 Å². The zero-order chi connectivity index (χ0) is 17.6. The smallest absolute Gasteiger partial charge is 0.260 e. The average molecular weight is 380 g/mol. The van der Waals surface area contributed by atoms with Crippen molar-refractivity contribution in [2.75, 3.05) is 32.8 Å². The summed E-state index contributed by atoms with van der Waals surface area (Å²) in [6.45, 7) is 3.88. The van der Waals surface area contributed by atoms with Crippen LogP contribution in [-0.2, 0) is 11.3 Å². The highest BCUT2D eigenvalue weighted by atomic mass is 35.5. The largest absolute Gasteiger partial charge is 0.482 e. The molecule has 1 aliphatic heterocycles. The Morgan fingerprint density at radius 2 is 1.96 bits per heavy atom. The molecule has 0 bridgehead atoms. The molecule has 1 fully saturated rings. The molecule has 7 heteroatoms. The van der Waals surface area contributed by atoms with Crippen LogP contribution in [0, 0.1) is 0 Å². The van der Waals surface area contributed by atoms with Gasteiger partial charge in [-0.15, -0.1) is 0 Å². The first-order valence-electron chi connectivity index (χ1n) is 8.09. The van der Waals surface area contributed by atoms with Crippen molar-refractivity contribution in [1.29, 1.82) is 0 Å². The van der Waals surface area contributed by atoms with Gasteiger partial charge in [-0.2, -0.15) is 0 Å². The molecule has 0 unspecified atom stereocenters. The Kier molecular flexibility index (Phi) is 6.13. The first-order chi connectivity index (χ1) is 12.1. The zero-order valence-corrected chi connectivity index (χ0v) is 15.2. The minimum Gasteiger partial charge on any atom is -0.482 e. The number of hydrogen-bond acceptors (Lipinski definition) is 4. The van der Waals surface area contributed by atoms with E-state index in [4.69, 9.17) is 27.9 Å². The van der Waals surface area contributed by atoms with Crippen LogP contribution in [0.4, 0.5) is 0 Å². The van der Waals surface area contributed by atoms with Gasteiger partial charge < -0.3 is 9.64 Å². The monoisotopic (exact) mass is 379 g/mol. The maximum Gasteiger partial charge on any atom is 0.260 e. The van der Waals surface area contributed by atoms with Crippen molar-refractivity contribution in [3.8, 4) is 5.75 Å². The molecule has 132 valence electrons. The van der Waals surface area contributed by atoms with Crippen LogP contribution < -0.4 is 4.74 Å². The summed E-state index contributed by atoms with van der Waals surface area (Å²) in [5, 5.41) is 0.940. The van der Waals surface area contributed by atoms with Crippen LogP contribution in [0.2, 0.25) is 10.0 Å². The minimum atomic E-state index is -0.0351. The van der Waals surface area contributed by atoms with Gasteiger partial charge in [0.05, 0.1) is 5.02 Å². The van der Waals surface area contributed by atoms with Gasteiger partial charge in [-0.05, 0) is 29.8 Å². The molecule has 1 aliphatic rings. The number of nitrogens with zero attached hydrogens (tertiary/aromatic N) is 3. The summed E-state index contributed by atoms with van der Waals surface area (Å²) in [5.74, 6) is 0.432. The predicted octanol–water partition coefficient (Wildman–Crippen LogP) is 3.11. The summed E-state index contributed by atoms with van der Waals surface area (Å²) in [5.41, 5.74) is 1.18. The van der Waals surface area contributed by atoms with Gasteiger partial charge >= 0.3 is 0 Å². The highest BCUT2D eigenvalue weighted by molar-refractivity contribution is 6.35.